The van der Waals surface area contributed by atoms with E-state index in [1.54, 1.807) is 14.1 Å². The molecule has 0 bridgehead atoms. The highest BCUT2D eigenvalue weighted by atomic mass is 79.9. The fourth-order valence-electron chi connectivity index (χ4n) is 1.52. The van der Waals surface area contributed by atoms with Crippen LogP contribution < -0.4 is 10.1 Å². The molecule has 1 saturated carbocycles. The fraction of sp³-hybridized carbons (Fsp3) is 0.462. The minimum Gasteiger partial charge on any atom is -0.493 e. The van der Waals surface area contributed by atoms with Crippen LogP contribution in [0.15, 0.2) is 24.3 Å². The van der Waals surface area contributed by atoms with Crippen LogP contribution in [0.3, 0.4) is 0 Å². The molecular formula is C13H16Br2N2O2. The molecule has 2 amide bonds. The van der Waals surface area contributed by atoms with E-state index in [4.69, 9.17) is 4.74 Å². The van der Waals surface area contributed by atoms with Gasteiger partial charge in [-0.3, -0.25) is 0 Å². The van der Waals surface area contributed by atoms with Gasteiger partial charge in [0.15, 0.2) is 0 Å². The van der Waals surface area contributed by atoms with Gasteiger partial charge in [0, 0.05) is 25.7 Å². The van der Waals surface area contributed by atoms with Crippen molar-refractivity contribution in [1.82, 2.24) is 4.90 Å². The average molecular weight is 392 g/mol. The van der Waals surface area contributed by atoms with Crippen molar-refractivity contribution in [3.8, 4) is 5.75 Å². The first-order chi connectivity index (χ1) is 8.88. The molecule has 0 saturated heterocycles. The first-order valence-corrected chi connectivity index (χ1v) is 7.56. The molecule has 1 unspecified atom stereocenters. The Morgan fingerprint density at radius 1 is 1.42 bits per heavy atom. The lowest BCUT2D eigenvalue weighted by atomic mass is 10.3. The van der Waals surface area contributed by atoms with E-state index in [1.807, 2.05) is 24.3 Å². The summed E-state index contributed by atoms with van der Waals surface area (Å²) < 4.78 is 5.76. The van der Waals surface area contributed by atoms with Gasteiger partial charge in [0.2, 0.25) is 0 Å². The third-order valence-corrected chi connectivity index (χ3v) is 4.86. The summed E-state index contributed by atoms with van der Waals surface area (Å²) in [5, 5.41) is 2.78. The molecule has 0 radical (unpaired) electrons. The molecule has 0 aliphatic heterocycles. The second-order valence-corrected chi connectivity index (χ2v) is 8.72. The van der Waals surface area contributed by atoms with Crippen LogP contribution in [0.25, 0.3) is 0 Å². The number of hydrogen-bond acceptors (Lipinski definition) is 2. The van der Waals surface area contributed by atoms with Crippen LogP contribution >= 0.6 is 31.9 Å². The number of rotatable bonds is 4. The molecule has 0 heterocycles. The topological polar surface area (TPSA) is 41.6 Å². The van der Waals surface area contributed by atoms with Crippen LogP contribution in [0.4, 0.5) is 10.5 Å². The Labute approximate surface area is 129 Å². The zero-order chi connectivity index (χ0) is 14.0. The Balaban J connectivity index is 1.83. The highest BCUT2D eigenvalue weighted by Gasteiger charge is 2.50. The fourth-order valence-corrected chi connectivity index (χ4v) is 2.56. The molecular weight excluding hydrogens is 376 g/mol. The zero-order valence-corrected chi connectivity index (χ0v) is 14.0. The number of halogens is 2. The van der Waals surface area contributed by atoms with Crippen molar-refractivity contribution in [1.29, 1.82) is 0 Å². The molecule has 19 heavy (non-hydrogen) atoms. The van der Waals surface area contributed by atoms with Crippen molar-refractivity contribution < 1.29 is 9.53 Å². The molecule has 1 aliphatic carbocycles. The SMILES string of the molecule is CN(C)C(=O)Nc1ccc(OCC2CC2(Br)Br)cc1. The molecule has 2 rings (SSSR count). The third kappa shape index (κ3) is 4.11. The van der Waals surface area contributed by atoms with E-state index in [0.29, 0.717) is 12.5 Å². The monoisotopic (exact) mass is 390 g/mol. The lowest BCUT2D eigenvalue weighted by molar-refractivity contribution is 0.230. The minimum atomic E-state index is -0.144. The number of nitrogens with zero attached hydrogens (tertiary/aromatic N) is 1. The summed E-state index contributed by atoms with van der Waals surface area (Å²) in [6.07, 6.45) is 1.07. The van der Waals surface area contributed by atoms with Crippen molar-refractivity contribution in [2.45, 2.75) is 9.65 Å². The van der Waals surface area contributed by atoms with Gasteiger partial charge in [-0.1, -0.05) is 31.9 Å². The summed E-state index contributed by atoms with van der Waals surface area (Å²) >= 11 is 7.13. The molecule has 1 fully saturated rings. The Morgan fingerprint density at radius 3 is 2.47 bits per heavy atom. The van der Waals surface area contributed by atoms with E-state index >= 15 is 0 Å². The van der Waals surface area contributed by atoms with Gasteiger partial charge in [0.1, 0.15) is 5.75 Å². The number of carbonyl (C=O) groups is 1. The molecule has 1 N–H and O–H groups in total. The summed E-state index contributed by atoms with van der Waals surface area (Å²) in [7, 11) is 3.41. The summed E-state index contributed by atoms with van der Waals surface area (Å²) in [4.78, 5) is 13.0. The Kier molecular flexibility index (Phi) is 4.40. The largest absolute Gasteiger partial charge is 0.493 e. The van der Waals surface area contributed by atoms with Gasteiger partial charge in [-0.05, 0) is 30.7 Å². The first-order valence-electron chi connectivity index (χ1n) is 5.97. The summed E-state index contributed by atoms with van der Waals surface area (Å²) in [6, 6.07) is 7.24. The van der Waals surface area contributed by atoms with E-state index in [0.717, 1.165) is 17.9 Å². The smallest absolute Gasteiger partial charge is 0.321 e. The molecule has 104 valence electrons. The van der Waals surface area contributed by atoms with E-state index in [-0.39, 0.29) is 9.26 Å². The average Bonchev–Trinajstić information content (AvgIpc) is 2.96. The van der Waals surface area contributed by atoms with Gasteiger partial charge in [0.25, 0.3) is 0 Å². The van der Waals surface area contributed by atoms with Crippen LogP contribution in [0.2, 0.25) is 0 Å². The number of nitrogens with one attached hydrogen (secondary N) is 1. The summed E-state index contributed by atoms with van der Waals surface area (Å²) in [6.45, 7) is 0.680. The zero-order valence-electron chi connectivity index (χ0n) is 10.8. The lowest BCUT2D eigenvalue weighted by Crippen LogP contribution is -2.27. The number of hydrogen-bond donors (Lipinski definition) is 1. The molecule has 4 nitrogen and oxygen atoms in total. The standard InChI is InChI=1S/C13H16Br2N2O2/c1-17(2)12(18)16-10-3-5-11(6-4-10)19-8-9-7-13(9,14)15/h3-6,9H,7-8H2,1-2H3,(H,16,18). The normalized spacial score (nSPS) is 19.7. The first kappa shape index (κ1) is 14.7. The molecule has 1 aromatic carbocycles. The maximum Gasteiger partial charge on any atom is 0.321 e. The third-order valence-electron chi connectivity index (χ3n) is 2.92. The number of alkyl halides is 2. The van der Waals surface area contributed by atoms with Crippen LogP contribution in [0.5, 0.6) is 5.75 Å². The Bertz CT molecular complexity index is 460. The molecule has 0 spiro atoms. The van der Waals surface area contributed by atoms with Crippen molar-refractivity contribution in [2.75, 3.05) is 26.0 Å². The Morgan fingerprint density at radius 2 is 2.00 bits per heavy atom. The maximum absolute atomic E-state index is 11.5. The molecule has 0 aromatic heterocycles. The molecule has 6 heteroatoms. The van der Waals surface area contributed by atoms with Gasteiger partial charge in [-0.2, -0.15) is 0 Å². The van der Waals surface area contributed by atoms with E-state index in [1.165, 1.54) is 4.90 Å². The molecule has 1 aromatic rings. The van der Waals surface area contributed by atoms with Gasteiger partial charge >= 0.3 is 6.03 Å². The van der Waals surface area contributed by atoms with Gasteiger partial charge in [-0.15, -0.1) is 0 Å². The van der Waals surface area contributed by atoms with Crippen LogP contribution in [-0.2, 0) is 0 Å². The predicted molar refractivity (Wildman–Crippen MR) is 83.3 cm³/mol. The maximum atomic E-state index is 11.5. The van der Waals surface area contributed by atoms with Crippen molar-refractivity contribution in [3.05, 3.63) is 24.3 Å². The van der Waals surface area contributed by atoms with Crippen molar-refractivity contribution in [3.63, 3.8) is 0 Å². The summed E-state index contributed by atoms with van der Waals surface area (Å²) in [5.41, 5.74) is 0.757. The predicted octanol–water partition coefficient (Wildman–Crippen LogP) is 3.66. The number of ether oxygens (including phenoxy) is 1. The molecule has 1 aliphatic rings. The number of anilines is 1. The number of amides is 2. The van der Waals surface area contributed by atoms with Crippen molar-refractivity contribution in [2.24, 2.45) is 5.92 Å². The van der Waals surface area contributed by atoms with E-state index in [2.05, 4.69) is 37.2 Å². The number of carbonyl (C=O) groups excluding carboxylic acids is 1. The second-order valence-electron chi connectivity index (χ2n) is 4.82. The number of benzene rings is 1. The minimum absolute atomic E-state index is 0.0691. The lowest BCUT2D eigenvalue weighted by Gasteiger charge is -2.12. The highest BCUT2D eigenvalue weighted by molar-refractivity contribution is 9.25. The second kappa shape index (κ2) is 5.71. The Hall–Kier alpha value is -0.750. The van der Waals surface area contributed by atoms with Gasteiger partial charge in [0.05, 0.1) is 9.84 Å². The van der Waals surface area contributed by atoms with E-state index in [9.17, 15) is 4.79 Å². The highest BCUT2D eigenvalue weighted by Crippen LogP contribution is 2.56. The quantitative estimate of drug-likeness (QED) is 0.795. The van der Waals surface area contributed by atoms with E-state index < -0.39 is 0 Å². The van der Waals surface area contributed by atoms with Crippen molar-refractivity contribution >= 4 is 43.6 Å². The van der Waals surface area contributed by atoms with Crippen LogP contribution in [0.1, 0.15) is 6.42 Å². The number of urea groups is 1. The van der Waals surface area contributed by atoms with Gasteiger partial charge in [-0.25, -0.2) is 4.79 Å². The van der Waals surface area contributed by atoms with Crippen LogP contribution in [0, 0.1) is 5.92 Å². The summed E-state index contributed by atoms with van der Waals surface area (Å²) in [5.74, 6) is 1.31. The molecule has 1 atom stereocenters. The van der Waals surface area contributed by atoms with Gasteiger partial charge < -0.3 is 15.0 Å². The van der Waals surface area contributed by atoms with Crippen LogP contribution in [-0.4, -0.2) is 34.9 Å².